The van der Waals surface area contributed by atoms with Gasteiger partial charge in [-0.15, -0.1) is 21.5 Å². The lowest BCUT2D eigenvalue weighted by Crippen LogP contribution is -2.19. The number of alkyl halides is 3. The highest BCUT2D eigenvalue weighted by Crippen LogP contribution is 2.36. The van der Waals surface area contributed by atoms with Crippen molar-refractivity contribution >= 4 is 21.6 Å². The molecule has 0 amide bonds. The highest BCUT2D eigenvalue weighted by Gasteiger charge is 2.31. The molecule has 0 aliphatic heterocycles. The van der Waals surface area contributed by atoms with E-state index in [4.69, 9.17) is 0 Å². The summed E-state index contributed by atoms with van der Waals surface area (Å²) in [6, 6.07) is 4.20. The van der Waals surface area contributed by atoms with E-state index in [9.17, 15) is 18.0 Å². The number of H-pyrrole nitrogens is 1. The van der Waals surface area contributed by atoms with E-state index in [1.165, 1.54) is 21.8 Å². The predicted octanol–water partition coefficient (Wildman–Crippen LogP) is 4.39. The first-order valence-electron chi connectivity index (χ1n) is 10.2. The van der Waals surface area contributed by atoms with Crippen LogP contribution in [0.4, 0.5) is 13.2 Å². The zero-order valence-electron chi connectivity index (χ0n) is 17.3. The van der Waals surface area contributed by atoms with Gasteiger partial charge in [0.25, 0.3) is 5.56 Å². The zero-order chi connectivity index (χ0) is 22.6. The number of fused-ring (bicyclic) bond motifs is 3. The van der Waals surface area contributed by atoms with E-state index in [0.717, 1.165) is 37.0 Å². The van der Waals surface area contributed by atoms with E-state index in [1.54, 1.807) is 18.3 Å². The third-order valence-electron chi connectivity index (χ3n) is 5.80. The summed E-state index contributed by atoms with van der Waals surface area (Å²) in [5, 5.41) is 12.8. The Hall–Kier alpha value is -3.08. The summed E-state index contributed by atoms with van der Waals surface area (Å²) in [6.07, 6.45) is -1.58. The third-order valence-corrected chi connectivity index (χ3v) is 6.95. The summed E-state index contributed by atoms with van der Waals surface area (Å²) < 4.78 is 39.0. The number of aromatic nitrogens is 6. The third kappa shape index (κ3) is 3.60. The van der Waals surface area contributed by atoms with Crippen molar-refractivity contribution in [1.82, 2.24) is 30.2 Å². The van der Waals surface area contributed by atoms with Gasteiger partial charge >= 0.3 is 6.18 Å². The minimum absolute atomic E-state index is 0.0620. The molecule has 7 nitrogen and oxygen atoms in total. The average Bonchev–Trinajstić information content (AvgIpc) is 3.37. The molecule has 32 heavy (non-hydrogen) atoms. The van der Waals surface area contributed by atoms with Crippen molar-refractivity contribution in [1.29, 1.82) is 0 Å². The Morgan fingerprint density at radius 2 is 2.12 bits per heavy atom. The highest BCUT2D eigenvalue weighted by atomic mass is 32.1. The normalized spacial score (nSPS) is 17.5. The smallest absolute Gasteiger partial charge is 0.308 e. The van der Waals surface area contributed by atoms with E-state index in [-0.39, 0.29) is 16.9 Å². The standard InChI is InChI=1S/C21H19F3N6OS/c1-10-6-7-14-15(8-10)32-20-16(14)19(31)25-17(26-20)11(2)30-28-18(27-29-30)12-4-3-5-13(9-12)21(22,23)24/h3-5,9-11H,6-8H2,1-2H3,(H,25,26,31). The Morgan fingerprint density at radius 1 is 1.31 bits per heavy atom. The van der Waals surface area contributed by atoms with Gasteiger partial charge in [0.05, 0.1) is 10.9 Å². The molecule has 1 aliphatic rings. The van der Waals surface area contributed by atoms with Gasteiger partial charge < -0.3 is 4.98 Å². The summed E-state index contributed by atoms with van der Waals surface area (Å²) in [7, 11) is 0. The molecule has 11 heteroatoms. The van der Waals surface area contributed by atoms with Crippen LogP contribution in [0.25, 0.3) is 21.6 Å². The maximum atomic E-state index is 13.0. The number of benzene rings is 1. The van der Waals surface area contributed by atoms with Crippen LogP contribution in [0.3, 0.4) is 0 Å². The zero-order valence-corrected chi connectivity index (χ0v) is 18.1. The molecule has 0 saturated carbocycles. The Balaban J connectivity index is 1.49. The molecule has 4 aromatic rings. The van der Waals surface area contributed by atoms with E-state index >= 15 is 0 Å². The minimum atomic E-state index is -4.46. The Labute approximate surface area is 184 Å². The molecule has 0 saturated heterocycles. The first-order valence-corrected chi connectivity index (χ1v) is 11.0. The van der Waals surface area contributed by atoms with Crippen LogP contribution in [0.1, 0.15) is 48.1 Å². The second-order valence-electron chi connectivity index (χ2n) is 8.17. The summed E-state index contributed by atoms with van der Waals surface area (Å²) in [5.41, 5.74) is 0.325. The molecule has 3 aromatic heterocycles. The van der Waals surface area contributed by atoms with Crippen LogP contribution in [-0.4, -0.2) is 30.2 Å². The molecule has 0 bridgehead atoms. The second-order valence-corrected chi connectivity index (χ2v) is 9.25. The molecule has 0 fully saturated rings. The van der Waals surface area contributed by atoms with E-state index < -0.39 is 17.8 Å². The van der Waals surface area contributed by atoms with Crippen LogP contribution in [0, 0.1) is 5.92 Å². The van der Waals surface area contributed by atoms with Crippen LogP contribution >= 0.6 is 11.3 Å². The van der Waals surface area contributed by atoms with Crippen molar-refractivity contribution < 1.29 is 13.2 Å². The number of aryl methyl sites for hydroxylation is 1. The first-order chi connectivity index (χ1) is 15.2. The monoisotopic (exact) mass is 460 g/mol. The van der Waals surface area contributed by atoms with Crippen molar-refractivity contribution in [3.05, 3.63) is 56.4 Å². The molecular formula is C21H19F3N6OS. The molecule has 0 spiro atoms. The lowest BCUT2D eigenvalue weighted by molar-refractivity contribution is -0.137. The maximum Gasteiger partial charge on any atom is 0.416 e. The molecule has 1 N–H and O–H groups in total. The summed E-state index contributed by atoms with van der Waals surface area (Å²) in [6.45, 7) is 3.95. The van der Waals surface area contributed by atoms with Crippen LogP contribution in [0.5, 0.6) is 0 Å². The molecule has 2 atom stereocenters. The number of nitrogens with zero attached hydrogens (tertiary/aromatic N) is 5. The average molecular weight is 460 g/mol. The quantitative estimate of drug-likeness (QED) is 0.490. The highest BCUT2D eigenvalue weighted by molar-refractivity contribution is 7.18. The maximum absolute atomic E-state index is 13.0. The van der Waals surface area contributed by atoms with Crippen molar-refractivity contribution in [2.75, 3.05) is 0 Å². The van der Waals surface area contributed by atoms with E-state index in [2.05, 4.69) is 32.3 Å². The van der Waals surface area contributed by atoms with Crippen molar-refractivity contribution in [2.24, 2.45) is 5.92 Å². The lowest BCUT2D eigenvalue weighted by Gasteiger charge is -2.17. The Morgan fingerprint density at radius 3 is 2.91 bits per heavy atom. The summed E-state index contributed by atoms with van der Waals surface area (Å²) in [5.74, 6) is 1.02. The number of thiophene rings is 1. The first kappa shape index (κ1) is 20.8. The minimum Gasteiger partial charge on any atom is -0.308 e. The summed E-state index contributed by atoms with van der Waals surface area (Å²) >= 11 is 1.55. The number of tetrazole rings is 1. The number of hydrogen-bond donors (Lipinski definition) is 1. The van der Waals surface area contributed by atoms with Crippen LogP contribution in [0.2, 0.25) is 0 Å². The topological polar surface area (TPSA) is 89.3 Å². The Bertz CT molecular complexity index is 1370. The number of aromatic amines is 1. The molecular weight excluding hydrogens is 441 g/mol. The van der Waals surface area contributed by atoms with Gasteiger partial charge in [-0.25, -0.2) is 4.98 Å². The Kier molecular flexibility index (Phi) is 4.88. The molecule has 1 aliphatic carbocycles. The second kappa shape index (κ2) is 7.51. The fourth-order valence-electron chi connectivity index (χ4n) is 4.01. The van der Waals surface area contributed by atoms with Crippen molar-refractivity contribution in [3.8, 4) is 11.4 Å². The molecule has 2 unspecified atom stereocenters. The van der Waals surface area contributed by atoms with Gasteiger partial charge in [0, 0.05) is 10.4 Å². The number of halogens is 3. The summed E-state index contributed by atoms with van der Waals surface area (Å²) in [4.78, 5) is 23.5. The fourth-order valence-corrected chi connectivity index (χ4v) is 5.40. The van der Waals surface area contributed by atoms with Gasteiger partial charge in [-0.05, 0) is 55.0 Å². The molecule has 5 rings (SSSR count). The predicted molar refractivity (Wildman–Crippen MR) is 113 cm³/mol. The van der Waals surface area contributed by atoms with Crippen molar-refractivity contribution in [3.63, 3.8) is 0 Å². The fraction of sp³-hybridized carbons (Fsp3) is 0.381. The lowest BCUT2D eigenvalue weighted by atomic mass is 9.89. The van der Waals surface area contributed by atoms with Crippen LogP contribution in [-0.2, 0) is 19.0 Å². The van der Waals surface area contributed by atoms with E-state index in [1.807, 2.05) is 0 Å². The SMILES string of the molecule is CC1CCc2c(sc3nc(C(C)n4nnc(-c5cccc(C(F)(F)F)c5)n4)[nH]c(=O)c23)C1. The van der Waals surface area contributed by atoms with Gasteiger partial charge in [-0.2, -0.15) is 18.0 Å². The van der Waals surface area contributed by atoms with Crippen LogP contribution < -0.4 is 5.56 Å². The van der Waals surface area contributed by atoms with Gasteiger partial charge in [-0.3, -0.25) is 4.79 Å². The number of nitrogens with one attached hydrogen (secondary N) is 1. The molecule has 166 valence electrons. The molecule has 1 aromatic carbocycles. The number of rotatable bonds is 3. The van der Waals surface area contributed by atoms with Crippen molar-refractivity contribution in [2.45, 2.75) is 45.3 Å². The van der Waals surface area contributed by atoms with Gasteiger partial charge in [-0.1, -0.05) is 19.1 Å². The van der Waals surface area contributed by atoms with Gasteiger partial charge in [0.1, 0.15) is 16.7 Å². The number of hydrogen-bond acceptors (Lipinski definition) is 6. The van der Waals surface area contributed by atoms with Crippen LogP contribution in [0.15, 0.2) is 29.1 Å². The van der Waals surface area contributed by atoms with Gasteiger partial charge in [0.15, 0.2) is 0 Å². The van der Waals surface area contributed by atoms with E-state index in [0.29, 0.717) is 22.0 Å². The molecule has 3 heterocycles. The molecule has 0 radical (unpaired) electrons. The largest absolute Gasteiger partial charge is 0.416 e. The van der Waals surface area contributed by atoms with Gasteiger partial charge in [0.2, 0.25) is 5.82 Å².